The third-order valence-electron chi connectivity index (χ3n) is 4.91. The van der Waals surface area contributed by atoms with Gasteiger partial charge in [0.1, 0.15) is 0 Å². The van der Waals surface area contributed by atoms with E-state index in [0.29, 0.717) is 18.7 Å². The number of nitrogens with zero attached hydrogens (tertiary/aromatic N) is 3. The minimum Gasteiger partial charge on any atom is -0.467 e. The fourth-order valence-electron chi connectivity index (χ4n) is 3.29. The number of halogens is 3. The van der Waals surface area contributed by atoms with E-state index >= 15 is 0 Å². The zero-order valence-corrected chi connectivity index (χ0v) is 15.9. The molecule has 1 aliphatic rings. The van der Waals surface area contributed by atoms with Gasteiger partial charge in [-0.2, -0.15) is 13.2 Å². The van der Waals surface area contributed by atoms with Gasteiger partial charge >= 0.3 is 6.18 Å². The average Bonchev–Trinajstić information content (AvgIpc) is 3.53. The van der Waals surface area contributed by atoms with Crippen LogP contribution >= 0.6 is 0 Å². The van der Waals surface area contributed by atoms with Crippen molar-refractivity contribution < 1.29 is 22.7 Å². The molecule has 0 aliphatic heterocycles. The third kappa shape index (κ3) is 5.03. The number of alkyl halides is 3. The van der Waals surface area contributed by atoms with Crippen LogP contribution in [0, 0.1) is 5.92 Å². The van der Waals surface area contributed by atoms with Crippen LogP contribution in [0.3, 0.4) is 0 Å². The summed E-state index contributed by atoms with van der Waals surface area (Å²) in [5.74, 6) is -0.111. The maximum absolute atomic E-state index is 12.4. The first-order valence-corrected chi connectivity index (χ1v) is 9.52. The van der Waals surface area contributed by atoms with Crippen molar-refractivity contribution in [2.45, 2.75) is 24.9 Å². The SMILES string of the molecule is O=C(NCCc1cnc(OCC(F)(F)F)cn1)C1CC1c1cnc2ccccc2c1. The highest BCUT2D eigenvalue weighted by Crippen LogP contribution is 2.47. The monoisotopic (exact) mass is 416 g/mol. The van der Waals surface area contributed by atoms with Crippen LogP contribution in [-0.2, 0) is 11.2 Å². The number of nitrogens with one attached hydrogen (secondary N) is 1. The molecule has 9 heteroatoms. The largest absolute Gasteiger partial charge is 0.467 e. The Morgan fingerprint density at radius 3 is 2.73 bits per heavy atom. The van der Waals surface area contributed by atoms with Gasteiger partial charge in [-0.05, 0) is 30.0 Å². The van der Waals surface area contributed by atoms with Gasteiger partial charge in [0.05, 0.1) is 23.6 Å². The van der Waals surface area contributed by atoms with Crippen LogP contribution in [0.1, 0.15) is 23.6 Å². The number of carbonyl (C=O) groups is 1. The molecule has 1 N–H and O–H groups in total. The van der Waals surface area contributed by atoms with E-state index in [4.69, 9.17) is 0 Å². The molecule has 156 valence electrons. The van der Waals surface area contributed by atoms with Crippen LogP contribution in [0.5, 0.6) is 5.88 Å². The summed E-state index contributed by atoms with van der Waals surface area (Å²) >= 11 is 0. The Labute approximate surface area is 170 Å². The molecule has 2 aromatic heterocycles. The smallest absolute Gasteiger partial charge is 0.422 e. The highest BCUT2D eigenvalue weighted by atomic mass is 19.4. The van der Waals surface area contributed by atoms with Gasteiger partial charge in [-0.1, -0.05) is 18.2 Å². The number of hydrogen-bond donors (Lipinski definition) is 1. The van der Waals surface area contributed by atoms with Gasteiger partial charge in [0, 0.05) is 30.5 Å². The molecule has 1 amide bonds. The third-order valence-corrected chi connectivity index (χ3v) is 4.91. The van der Waals surface area contributed by atoms with Gasteiger partial charge in [0.25, 0.3) is 0 Å². The number of amides is 1. The summed E-state index contributed by atoms with van der Waals surface area (Å²) < 4.78 is 40.9. The predicted molar refractivity (Wildman–Crippen MR) is 103 cm³/mol. The second-order valence-electron chi connectivity index (χ2n) is 7.20. The summed E-state index contributed by atoms with van der Waals surface area (Å²) in [5.41, 5.74) is 2.55. The topological polar surface area (TPSA) is 77.0 Å². The minimum absolute atomic E-state index is 0.0220. The van der Waals surface area contributed by atoms with E-state index in [1.807, 2.05) is 30.5 Å². The molecule has 1 saturated carbocycles. The van der Waals surface area contributed by atoms with Gasteiger partial charge in [0.2, 0.25) is 11.8 Å². The molecule has 2 unspecified atom stereocenters. The first-order valence-electron chi connectivity index (χ1n) is 9.52. The maximum Gasteiger partial charge on any atom is 0.422 e. The molecule has 1 fully saturated rings. The lowest BCUT2D eigenvalue weighted by Gasteiger charge is -2.08. The van der Waals surface area contributed by atoms with Crippen LogP contribution in [-0.4, -0.2) is 40.2 Å². The van der Waals surface area contributed by atoms with Crippen molar-refractivity contribution in [3.8, 4) is 5.88 Å². The van der Waals surface area contributed by atoms with Crippen molar-refractivity contribution in [3.05, 3.63) is 60.2 Å². The summed E-state index contributed by atoms with van der Waals surface area (Å²) in [6.45, 7) is -1.04. The molecule has 1 aromatic carbocycles. The first kappa shape index (κ1) is 20.1. The van der Waals surface area contributed by atoms with Crippen LogP contribution in [0.25, 0.3) is 10.9 Å². The number of pyridine rings is 1. The lowest BCUT2D eigenvalue weighted by Crippen LogP contribution is -2.27. The lowest BCUT2D eigenvalue weighted by molar-refractivity contribution is -0.154. The zero-order valence-electron chi connectivity index (χ0n) is 15.9. The van der Waals surface area contributed by atoms with Crippen LogP contribution < -0.4 is 10.1 Å². The van der Waals surface area contributed by atoms with Gasteiger partial charge in [-0.3, -0.25) is 14.8 Å². The zero-order chi connectivity index (χ0) is 21.1. The molecule has 3 aromatic rings. The summed E-state index contributed by atoms with van der Waals surface area (Å²) in [7, 11) is 0. The van der Waals surface area contributed by atoms with E-state index in [9.17, 15) is 18.0 Å². The quantitative estimate of drug-likeness (QED) is 0.639. The van der Waals surface area contributed by atoms with Crippen molar-refractivity contribution in [1.29, 1.82) is 0 Å². The summed E-state index contributed by atoms with van der Waals surface area (Å²) in [5, 5.41) is 3.94. The maximum atomic E-state index is 12.4. The van der Waals surface area contributed by atoms with Crippen molar-refractivity contribution in [3.63, 3.8) is 0 Å². The van der Waals surface area contributed by atoms with Crippen molar-refractivity contribution in [1.82, 2.24) is 20.3 Å². The molecule has 2 atom stereocenters. The van der Waals surface area contributed by atoms with E-state index in [2.05, 4.69) is 31.1 Å². The highest BCUT2D eigenvalue weighted by Gasteiger charge is 2.44. The Morgan fingerprint density at radius 2 is 1.97 bits per heavy atom. The molecular formula is C21H19F3N4O2. The summed E-state index contributed by atoms with van der Waals surface area (Å²) in [6.07, 6.45) is 1.11. The van der Waals surface area contributed by atoms with Crippen molar-refractivity contribution in [2.24, 2.45) is 5.92 Å². The average molecular weight is 416 g/mol. The van der Waals surface area contributed by atoms with Crippen LogP contribution in [0.15, 0.2) is 48.9 Å². The number of rotatable bonds is 7. The Hall–Kier alpha value is -3.23. The van der Waals surface area contributed by atoms with Gasteiger partial charge < -0.3 is 10.1 Å². The normalized spacial score (nSPS) is 18.2. The summed E-state index contributed by atoms with van der Waals surface area (Å²) in [4.78, 5) is 24.6. The standard InChI is InChI=1S/C21H19F3N4O2/c22-21(23,24)12-30-19-11-26-15(10-28-19)5-6-25-20(29)17-8-16(17)14-7-13-3-1-2-4-18(13)27-9-14/h1-4,7,9-11,16-17H,5-6,8,12H2,(H,25,29). The molecule has 0 bridgehead atoms. The van der Waals surface area contributed by atoms with Gasteiger partial charge in [-0.15, -0.1) is 0 Å². The fraction of sp³-hybridized carbons (Fsp3) is 0.333. The summed E-state index contributed by atoms with van der Waals surface area (Å²) in [6, 6.07) is 9.94. The Balaban J connectivity index is 1.23. The van der Waals surface area contributed by atoms with Crippen LogP contribution in [0.4, 0.5) is 13.2 Å². The Bertz CT molecular complexity index is 1040. The number of fused-ring (bicyclic) bond motifs is 1. The molecule has 4 rings (SSSR count). The van der Waals surface area contributed by atoms with E-state index < -0.39 is 12.8 Å². The minimum atomic E-state index is -4.42. The number of benzene rings is 1. The second-order valence-corrected chi connectivity index (χ2v) is 7.20. The Morgan fingerprint density at radius 1 is 1.13 bits per heavy atom. The van der Waals surface area contributed by atoms with Crippen molar-refractivity contribution in [2.75, 3.05) is 13.2 Å². The van der Waals surface area contributed by atoms with Crippen LogP contribution in [0.2, 0.25) is 0 Å². The fourth-order valence-corrected chi connectivity index (χ4v) is 3.29. The first-order chi connectivity index (χ1) is 14.4. The van der Waals surface area contributed by atoms with E-state index in [-0.39, 0.29) is 23.6 Å². The number of hydrogen-bond acceptors (Lipinski definition) is 5. The molecule has 6 nitrogen and oxygen atoms in total. The number of aromatic nitrogens is 3. The number of ether oxygens (including phenoxy) is 1. The highest BCUT2D eigenvalue weighted by molar-refractivity contribution is 5.84. The molecular weight excluding hydrogens is 397 g/mol. The molecule has 0 radical (unpaired) electrons. The molecule has 2 heterocycles. The van der Waals surface area contributed by atoms with E-state index in [1.54, 1.807) is 0 Å². The molecule has 1 aliphatic carbocycles. The Kier molecular flexibility index (Phi) is 5.52. The second kappa shape index (κ2) is 8.25. The predicted octanol–water partition coefficient (Wildman–Crippen LogP) is 3.43. The van der Waals surface area contributed by atoms with Gasteiger partial charge in [-0.25, -0.2) is 4.98 Å². The lowest BCUT2D eigenvalue weighted by atomic mass is 10.1. The molecule has 0 saturated heterocycles. The van der Waals surface area contributed by atoms with E-state index in [1.165, 1.54) is 6.20 Å². The molecule has 0 spiro atoms. The molecule has 30 heavy (non-hydrogen) atoms. The van der Waals surface area contributed by atoms with Gasteiger partial charge in [0.15, 0.2) is 6.61 Å². The number of carbonyl (C=O) groups excluding carboxylic acids is 1. The number of para-hydroxylation sites is 1. The van der Waals surface area contributed by atoms with Crippen molar-refractivity contribution >= 4 is 16.8 Å². The van der Waals surface area contributed by atoms with E-state index in [0.717, 1.165) is 29.1 Å².